The zero-order chi connectivity index (χ0) is 21.1. The summed E-state index contributed by atoms with van der Waals surface area (Å²) in [4.78, 5) is 27.1. The van der Waals surface area contributed by atoms with Crippen LogP contribution in [0.25, 0.3) is 5.76 Å². The Bertz CT molecular complexity index is 968. The molecule has 2 N–H and O–H groups in total. The summed E-state index contributed by atoms with van der Waals surface area (Å²) in [6.45, 7) is 2.36. The number of hydrogen-bond donors (Lipinski definition) is 2. The number of hydrogen-bond acceptors (Lipinski definition) is 5. The van der Waals surface area contributed by atoms with Crippen LogP contribution in [-0.4, -0.2) is 40.5 Å². The topological polar surface area (TPSA) is 87.1 Å². The Hall–Kier alpha value is -2.99. The Morgan fingerprint density at radius 3 is 2.48 bits per heavy atom. The van der Waals surface area contributed by atoms with Crippen LogP contribution in [0.15, 0.2) is 48.0 Å². The smallest absolute Gasteiger partial charge is 0.295 e. The predicted octanol–water partition coefficient (Wildman–Crippen LogP) is 4.28. The number of aromatic hydroxyl groups is 1. The number of aliphatic hydroxyl groups excluding tert-OH is 1. The van der Waals surface area contributed by atoms with Crippen molar-refractivity contribution in [3.63, 3.8) is 0 Å². The van der Waals surface area contributed by atoms with E-state index in [2.05, 4.69) is 0 Å². The van der Waals surface area contributed by atoms with Crippen molar-refractivity contribution in [2.75, 3.05) is 13.7 Å². The molecule has 0 aromatic heterocycles. The number of aliphatic hydroxyl groups is 1. The Labute approximate surface area is 174 Å². The molecule has 7 heteroatoms. The van der Waals surface area contributed by atoms with Gasteiger partial charge in [-0.25, -0.2) is 0 Å². The van der Waals surface area contributed by atoms with Crippen molar-refractivity contribution in [2.24, 2.45) is 0 Å². The van der Waals surface area contributed by atoms with Crippen LogP contribution in [0.4, 0.5) is 0 Å². The highest BCUT2D eigenvalue weighted by Crippen LogP contribution is 2.41. The first-order valence-corrected chi connectivity index (χ1v) is 9.68. The third kappa shape index (κ3) is 3.93. The normalized spacial score (nSPS) is 18.3. The van der Waals surface area contributed by atoms with Gasteiger partial charge in [0.2, 0.25) is 0 Å². The van der Waals surface area contributed by atoms with Gasteiger partial charge in [-0.15, -0.1) is 0 Å². The minimum Gasteiger partial charge on any atom is -0.507 e. The number of unbranched alkanes of at least 4 members (excludes halogenated alkanes) is 1. The number of carbonyl (C=O) groups is 2. The highest BCUT2D eigenvalue weighted by molar-refractivity contribution is 6.46. The lowest BCUT2D eigenvalue weighted by atomic mass is 9.95. The molecule has 0 aliphatic carbocycles. The largest absolute Gasteiger partial charge is 0.507 e. The predicted molar refractivity (Wildman–Crippen MR) is 110 cm³/mol. The molecule has 1 fully saturated rings. The van der Waals surface area contributed by atoms with E-state index in [1.54, 1.807) is 36.4 Å². The average molecular weight is 416 g/mol. The third-order valence-corrected chi connectivity index (χ3v) is 5.18. The molecule has 29 heavy (non-hydrogen) atoms. The highest BCUT2D eigenvalue weighted by Gasteiger charge is 2.45. The highest BCUT2D eigenvalue weighted by atomic mass is 35.5. The van der Waals surface area contributed by atoms with E-state index in [9.17, 15) is 19.8 Å². The second kappa shape index (κ2) is 8.57. The van der Waals surface area contributed by atoms with Crippen molar-refractivity contribution in [2.45, 2.75) is 25.8 Å². The van der Waals surface area contributed by atoms with Crippen LogP contribution in [0.2, 0.25) is 5.02 Å². The van der Waals surface area contributed by atoms with Crippen molar-refractivity contribution < 1.29 is 24.5 Å². The van der Waals surface area contributed by atoms with Crippen LogP contribution in [0, 0.1) is 0 Å². The molecule has 0 radical (unpaired) electrons. The van der Waals surface area contributed by atoms with Crippen LogP contribution in [0.5, 0.6) is 11.5 Å². The number of benzene rings is 2. The minimum atomic E-state index is -0.785. The molecule has 6 nitrogen and oxygen atoms in total. The summed E-state index contributed by atoms with van der Waals surface area (Å²) in [6.07, 6.45) is 1.55. The number of ether oxygens (including phenoxy) is 1. The minimum absolute atomic E-state index is 0.00108. The summed E-state index contributed by atoms with van der Waals surface area (Å²) < 4.78 is 5.18. The standard InChI is InChI=1S/C22H22ClNO5/c1-3-4-11-24-19(14-7-10-16(25)17(12-14)29-2)18(21(27)22(24)28)20(26)13-5-8-15(23)9-6-13/h5-10,12,19,25-26H,3-4,11H2,1-2H3/b20-18+. The van der Waals surface area contributed by atoms with Gasteiger partial charge >= 0.3 is 0 Å². The molecule has 0 saturated carbocycles. The molecule has 0 spiro atoms. The number of phenolic OH excluding ortho intramolecular Hbond substituents is 1. The molecular formula is C22H22ClNO5. The summed E-state index contributed by atoms with van der Waals surface area (Å²) >= 11 is 5.92. The van der Waals surface area contributed by atoms with Crippen LogP contribution in [-0.2, 0) is 9.59 Å². The second-order valence-electron chi connectivity index (χ2n) is 6.78. The first kappa shape index (κ1) is 20.7. The van der Waals surface area contributed by atoms with Crippen molar-refractivity contribution in [3.05, 3.63) is 64.2 Å². The van der Waals surface area contributed by atoms with E-state index in [1.807, 2.05) is 6.92 Å². The third-order valence-electron chi connectivity index (χ3n) is 4.93. The first-order chi connectivity index (χ1) is 13.9. The summed E-state index contributed by atoms with van der Waals surface area (Å²) in [5.41, 5.74) is 0.949. The lowest BCUT2D eigenvalue weighted by Gasteiger charge is -2.25. The molecule has 2 aromatic rings. The SMILES string of the molecule is CCCCN1C(=O)C(=O)/C(=C(/O)c2ccc(Cl)cc2)C1c1ccc(O)c(OC)c1. The number of nitrogens with zero attached hydrogens (tertiary/aromatic N) is 1. The van der Waals surface area contributed by atoms with Gasteiger partial charge in [0.15, 0.2) is 11.5 Å². The van der Waals surface area contributed by atoms with Gasteiger partial charge in [0.05, 0.1) is 18.7 Å². The van der Waals surface area contributed by atoms with Crippen molar-refractivity contribution in [1.29, 1.82) is 0 Å². The maximum atomic E-state index is 12.8. The Morgan fingerprint density at radius 1 is 1.17 bits per heavy atom. The molecule has 1 unspecified atom stereocenters. The Morgan fingerprint density at radius 2 is 1.86 bits per heavy atom. The number of methoxy groups -OCH3 is 1. The van der Waals surface area contributed by atoms with E-state index in [4.69, 9.17) is 16.3 Å². The molecule has 1 amide bonds. The number of phenols is 1. The summed E-state index contributed by atoms with van der Waals surface area (Å²) in [5, 5.41) is 21.3. The number of halogens is 1. The number of carbonyl (C=O) groups excluding carboxylic acids is 2. The molecule has 1 aliphatic rings. The molecule has 1 atom stereocenters. The Balaban J connectivity index is 2.18. The zero-order valence-corrected chi connectivity index (χ0v) is 16.9. The molecule has 1 aliphatic heterocycles. The number of amides is 1. The lowest BCUT2D eigenvalue weighted by Crippen LogP contribution is -2.30. The fraction of sp³-hybridized carbons (Fsp3) is 0.273. The van der Waals surface area contributed by atoms with E-state index in [-0.39, 0.29) is 22.8 Å². The second-order valence-corrected chi connectivity index (χ2v) is 7.22. The van der Waals surface area contributed by atoms with Crippen molar-refractivity contribution in [1.82, 2.24) is 4.90 Å². The van der Waals surface area contributed by atoms with Gasteiger partial charge < -0.3 is 19.8 Å². The van der Waals surface area contributed by atoms with Crippen LogP contribution >= 0.6 is 11.6 Å². The van der Waals surface area contributed by atoms with Gasteiger partial charge in [0.25, 0.3) is 11.7 Å². The summed E-state index contributed by atoms with van der Waals surface area (Å²) in [6, 6.07) is 10.2. The fourth-order valence-corrected chi connectivity index (χ4v) is 3.54. The van der Waals surface area contributed by atoms with E-state index in [0.29, 0.717) is 29.1 Å². The molecule has 1 heterocycles. The molecular weight excluding hydrogens is 394 g/mol. The van der Waals surface area contributed by atoms with E-state index in [1.165, 1.54) is 18.1 Å². The van der Waals surface area contributed by atoms with Crippen molar-refractivity contribution in [3.8, 4) is 11.5 Å². The van der Waals surface area contributed by atoms with Crippen LogP contribution in [0.3, 0.4) is 0 Å². The molecule has 0 bridgehead atoms. The zero-order valence-electron chi connectivity index (χ0n) is 16.2. The maximum absolute atomic E-state index is 12.8. The maximum Gasteiger partial charge on any atom is 0.295 e. The van der Waals surface area contributed by atoms with Crippen LogP contribution in [0.1, 0.15) is 36.9 Å². The number of likely N-dealkylation sites (tertiary alicyclic amines) is 1. The number of ketones is 1. The van der Waals surface area contributed by atoms with Crippen molar-refractivity contribution >= 4 is 29.1 Å². The monoisotopic (exact) mass is 415 g/mol. The number of Topliss-reactive ketones (excluding diaryl/α,β-unsaturated/α-hetero) is 1. The van der Waals surface area contributed by atoms with Crippen LogP contribution < -0.4 is 4.74 Å². The van der Waals surface area contributed by atoms with E-state index >= 15 is 0 Å². The Kier molecular flexibility index (Phi) is 6.13. The average Bonchev–Trinajstić information content (AvgIpc) is 2.97. The van der Waals surface area contributed by atoms with E-state index < -0.39 is 17.7 Å². The molecule has 152 valence electrons. The van der Waals surface area contributed by atoms with Gasteiger partial charge in [-0.3, -0.25) is 9.59 Å². The van der Waals surface area contributed by atoms with E-state index in [0.717, 1.165) is 6.42 Å². The lowest BCUT2D eigenvalue weighted by molar-refractivity contribution is -0.139. The van der Waals surface area contributed by atoms with Gasteiger partial charge in [-0.05, 0) is 48.4 Å². The van der Waals surface area contributed by atoms with Gasteiger partial charge in [-0.2, -0.15) is 0 Å². The first-order valence-electron chi connectivity index (χ1n) is 9.30. The van der Waals surface area contributed by atoms with Gasteiger partial charge in [0.1, 0.15) is 5.76 Å². The van der Waals surface area contributed by atoms with Gasteiger partial charge in [0, 0.05) is 17.1 Å². The van der Waals surface area contributed by atoms with Gasteiger partial charge in [-0.1, -0.05) is 31.0 Å². The fourth-order valence-electron chi connectivity index (χ4n) is 3.41. The number of rotatable bonds is 6. The molecule has 2 aromatic carbocycles. The molecule has 1 saturated heterocycles. The quantitative estimate of drug-likeness (QED) is 0.418. The molecule has 3 rings (SSSR count). The summed E-state index contributed by atoms with van der Waals surface area (Å²) in [7, 11) is 1.42. The summed E-state index contributed by atoms with van der Waals surface area (Å²) in [5.74, 6) is -1.51.